The molecule has 15 heavy (non-hydrogen) atoms. The maximum Gasteiger partial charge on any atom is 0.328 e. The van der Waals surface area contributed by atoms with Gasteiger partial charge in [-0.3, -0.25) is 0 Å². The van der Waals surface area contributed by atoms with Crippen LogP contribution in [0.2, 0.25) is 5.02 Å². The van der Waals surface area contributed by atoms with Crippen molar-refractivity contribution in [1.82, 2.24) is 0 Å². The average Bonchev–Trinajstić information content (AvgIpc) is 2.17. The van der Waals surface area contributed by atoms with Gasteiger partial charge in [0.25, 0.3) is 0 Å². The lowest BCUT2D eigenvalue weighted by Gasteiger charge is -2.29. The van der Waals surface area contributed by atoms with Crippen LogP contribution in [0.4, 0.5) is 0 Å². The van der Waals surface area contributed by atoms with Crippen molar-refractivity contribution < 1.29 is 9.90 Å². The van der Waals surface area contributed by atoms with Crippen molar-refractivity contribution in [2.45, 2.75) is 19.4 Å². The summed E-state index contributed by atoms with van der Waals surface area (Å²) in [5.74, 6) is -1.23. The highest BCUT2D eigenvalue weighted by atomic mass is 35.5. The summed E-state index contributed by atoms with van der Waals surface area (Å²) in [5.41, 5.74) is 5.12. The molecule has 1 aromatic carbocycles. The molecule has 0 aliphatic rings. The van der Waals surface area contributed by atoms with Crippen molar-refractivity contribution in [3.63, 3.8) is 0 Å². The van der Waals surface area contributed by atoms with E-state index in [1.165, 1.54) is 0 Å². The Morgan fingerprint density at radius 3 is 2.20 bits per heavy atom. The molecule has 0 bridgehead atoms. The third-order valence-electron chi connectivity index (χ3n) is 2.59. The number of aliphatic carboxylic acids is 1. The van der Waals surface area contributed by atoms with Gasteiger partial charge in [0.1, 0.15) is 5.54 Å². The molecular formula is C11H14ClNO2. The summed E-state index contributed by atoms with van der Waals surface area (Å²) >= 11 is 5.73. The van der Waals surface area contributed by atoms with E-state index in [9.17, 15) is 4.79 Å². The van der Waals surface area contributed by atoms with E-state index in [1.807, 2.05) is 0 Å². The summed E-state index contributed by atoms with van der Waals surface area (Å²) in [6.45, 7) is 3.56. The van der Waals surface area contributed by atoms with Crippen LogP contribution in [-0.4, -0.2) is 11.1 Å². The summed E-state index contributed by atoms with van der Waals surface area (Å²) in [4.78, 5) is 11.2. The van der Waals surface area contributed by atoms with E-state index in [4.69, 9.17) is 22.4 Å². The number of benzene rings is 1. The minimum Gasteiger partial charge on any atom is -0.480 e. The molecule has 1 rings (SSSR count). The average molecular weight is 228 g/mol. The molecule has 0 amide bonds. The first kappa shape index (κ1) is 12.0. The smallest absolute Gasteiger partial charge is 0.328 e. The van der Waals surface area contributed by atoms with E-state index in [0.717, 1.165) is 0 Å². The Morgan fingerprint density at radius 2 is 1.87 bits per heavy atom. The van der Waals surface area contributed by atoms with Crippen LogP contribution < -0.4 is 5.73 Å². The first-order valence-electron chi connectivity index (χ1n) is 4.67. The summed E-state index contributed by atoms with van der Waals surface area (Å²) in [7, 11) is 0. The zero-order valence-electron chi connectivity index (χ0n) is 8.70. The third kappa shape index (κ3) is 2.13. The summed E-state index contributed by atoms with van der Waals surface area (Å²) < 4.78 is 0. The molecule has 0 fully saturated rings. The molecule has 0 radical (unpaired) electrons. The van der Waals surface area contributed by atoms with Crippen molar-refractivity contribution in [2.24, 2.45) is 11.7 Å². The molecule has 0 heterocycles. The van der Waals surface area contributed by atoms with Crippen molar-refractivity contribution in [2.75, 3.05) is 0 Å². The van der Waals surface area contributed by atoms with E-state index in [2.05, 4.69) is 0 Å². The highest BCUT2D eigenvalue weighted by Gasteiger charge is 2.39. The standard InChI is InChI=1S/C11H14ClNO2/c1-7(2)11(13,10(14)15)8-3-5-9(12)6-4-8/h3-7H,13H2,1-2H3,(H,14,15)/t11-/m1/s1. The summed E-state index contributed by atoms with van der Waals surface area (Å²) in [6, 6.07) is 6.58. The molecule has 0 saturated carbocycles. The molecule has 82 valence electrons. The monoisotopic (exact) mass is 227 g/mol. The molecule has 1 atom stereocenters. The largest absolute Gasteiger partial charge is 0.480 e. The number of carbonyl (C=O) groups is 1. The van der Waals surface area contributed by atoms with Gasteiger partial charge in [-0.15, -0.1) is 0 Å². The molecular weight excluding hydrogens is 214 g/mol. The van der Waals surface area contributed by atoms with E-state index in [1.54, 1.807) is 38.1 Å². The normalized spacial score (nSPS) is 15.0. The first-order chi connectivity index (χ1) is 6.89. The molecule has 0 unspecified atom stereocenters. The minimum atomic E-state index is -1.36. The molecule has 0 aliphatic heterocycles. The maximum atomic E-state index is 11.2. The first-order valence-corrected chi connectivity index (χ1v) is 5.05. The second-order valence-corrected chi connectivity index (χ2v) is 4.27. The number of nitrogens with two attached hydrogens (primary N) is 1. The molecule has 0 aromatic heterocycles. The fourth-order valence-corrected chi connectivity index (χ4v) is 1.56. The van der Waals surface area contributed by atoms with Gasteiger partial charge >= 0.3 is 5.97 Å². The molecule has 4 heteroatoms. The Kier molecular flexibility index (Phi) is 3.37. The Balaban J connectivity index is 3.22. The van der Waals surface area contributed by atoms with E-state index < -0.39 is 11.5 Å². The van der Waals surface area contributed by atoms with Crippen molar-refractivity contribution >= 4 is 17.6 Å². The predicted molar refractivity (Wildman–Crippen MR) is 59.8 cm³/mol. The van der Waals surface area contributed by atoms with Gasteiger partial charge in [-0.25, -0.2) is 4.79 Å². The zero-order valence-corrected chi connectivity index (χ0v) is 9.45. The van der Waals surface area contributed by atoms with E-state index in [-0.39, 0.29) is 5.92 Å². The number of hydrogen-bond donors (Lipinski definition) is 2. The maximum absolute atomic E-state index is 11.2. The fraction of sp³-hybridized carbons (Fsp3) is 0.364. The SMILES string of the molecule is CC(C)[C@](N)(C(=O)O)c1ccc(Cl)cc1. The number of hydrogen-bond acceptors (Lipinski definition) is 2. The molecule has 1 aromatic rings. The highest BCUT2D eigenvalue weighted by Crippen LogP contribution is 2.28. The fourth-order valence-electron chi connectivity index (χ4n) is 1.43. The Hall–Kier alpha value is -1.06. The zero-order chi connectivity index (χ0) is 11.6. The third-order valence-corrected chi connectivity index (χ3v) is 2.84. The number of carboxylic acids is 1. The Morgan fingerprint density at radius 1 is 1.40 bits per heavy atom. The van der Waals surface area contributed by atoms with Gasteiger partial charge in [-0.05, 0) is 23.6 Å². The lowest BCUT2D eigenvalue weighted by atomic mass is 9.81. The van der Waals surface area contributed by atoms with Gasteiger partial charge in [0.2, 0.25) is 0 Å². The van der Waals surface area contributed by atoms with Crippen LogP contribution in [0.3, 0.4) is 0 Å². The van der Waals surface area contributed by atoms with Crippen molar-refractivity contribution in [1.29, 1.82) is 0 Å². The van der Waals surface area contributed by atoms with Gasteiger partial charge in [0.15, 0.2) is 0 Å². The van der Waals surface area contributed by atoms with Crippen LogP contribution in [0.5, 0.6) is 0 Å². The van der Waals surface area contributed by atoms with E-state index >= 15 is 0 Å². The van der Waals surface area contributed by atoms with Crippen LogP contribution in [0.15, 0.2) is 24.3 Å². The molecule has 0 saturated heterocycles. The topological polar surface area (TPSA) is 63.3 Å². The van der Waals surface area contributed by atoms with Gasteiger partial charge in [0, 0.05) is 5.02 Å². The second-order valence-electron chi connectivity index (χ2n) is 3.84. The quantitative estimate of drug-likeness (QED) is 0.833. The predicted octanol–water partition coefficient (Wildman–Crippen LogP) is 2.23. The van der Waals surface area contributed by atoms with Gasteiger partial charge in [-0.1, -0.05) is 37.6 Å². The van der Waals surface area contributed by atoms with Crippen LogP contribution in [0, 0.1) is 5.92 Å². The van der Waals surface area contributed by atoms with E-state index in [0.29, 0.717) is 10.6 Å². The van der Waals surface area contributed by atoms with Crippen LogP contribution >= 0.6 is 11.6 Å². The second kappa shape index (κ2) is 4.21. The lowest BCUT2D eigenvalue weighted by Crippen LogP contribution is -2.49. The number of halogens is 1. The van der Waals surface area contributed by atoms with Crippen LogP contribution in [0.25, 0.3) is 0 Å². The van der Waals surface area contributed by atoms with Gasteiger partial charge < -0.3 is 10.8 Å². The Bertz CT molecular complexity index is 361. The minimum absolute atomic E-state index is 0.198. The van der Waals surface area contributed by atoms with Crippen LogP contribution in [-0.2, 0) is 10.3 Å². The molecule has 3 nitrogen and oxygen atoms in total. The van der Waals surface area contributed by atoms with Crippen molar-refractivity contribution in [3.05, 3.63) is 34.9 Å². The number of rotatable bonds is 3. The van der Waals surface area contributed by atoms with Crippen LogP contribution in [0.1, 0.15) is 19.4 Å². The summed E-state index contributed by atoms with van der Waals surface area (Å²) in [5, 5.41) is 9.73. The number of carboxylic acid groups (broad SMARTS) is 1. The molecule has 3 N–H and O–H groups in total. The molecule has 0 aliphatic carbocycles. The van der Waals surface area contributed by atoms with Gasteiger partial charge in [-0.2, -0.15) is 0 Å². The molecule has 0 spiro atoms. The van der Waals surface area contributed by atoms with Crippen molar-refractivity contribution in [3.8, 4) is 0 Å². The lowest BCUT2D eigenvalue weighted by molar-refractivity contribution is -0.145. The summed E-state index contributed by atoms with van der Waals surface area (Å²) in [6.07, 6.45) is 0. The van der Waals surface area contributed by atoms with Gasteiger partial charge in [0.05, 0.1) is 0 Å². The highest BCUT2D eigenvalue weighted by molar-refractivity contribution is 6.30. The Labute approximate surface area is 93.9 Å².